The highest BCUT2D eigenvalue weighted by Gasteiger charge is 2.33. The molecule has 1 aromatic carbocycles. The fraction of sp³-hybridized carbons (Fsp3) is 0.550. The smallest absolute Gasteiger partial charge is 0.253 e. The molecule has 2 rings (SSSR count). The third-order valence-electron chi connectivity index (χ3n) is 4.58. The largest absolute Gasteiger partial charge is 0.351 e. The van der Waals surface area contributed by atoms with Gasteiger partial charge in [-0.25, -0.2) is 0 Å². The molecule has 1 aliphatic heterocycles. The molecule has 7 nitrogen and oxygen atoms in total. The SMILES string of the molecule is CC(C)(C)C(=O)N1CCCC(C(=O)Nc2ccccc2C(=O)NCCN)C1. The molecule has 3 amide bonds. The molecule has 0 aromatic heterocycles. The molecule has 0 bridgehead atoms. The summed E-state index contributed by atoms with van der Waals surface area (Å²) in [5.41, 5.74) is 5.83. The van der Waals surface area contributed by atoms with Gasteiger partial charge in [-0.2, -0.15) is 0 Å². The van der Waals surface area contributed by atoms with Crippen molar-refractivity contribution < 1.29 is 14.4 Å². The lowest BCUT2D eigenvalue weighted by Gasteiger charge is -2.36. The Kier molecular flexibility index (Phi) is 6.96. The maximum atomic E-state index is 12.8. The minimum atomic E-state index is -0.466. The van der Waals surface area contributed by atoms with E-state index in [2.05, 4.69) is 10.6 Å². The van der Waals surface area contributed by atoms with Crippen LogP contribution in [0.3, 0.4) is 0 Å². The lowest BCUT2D eigenvalue weighted by Crippen LogP contribution is -2.47. The topological polar surface area (TPSA) is 105 Å². The average Bonchev–Trinajstić information content (AvgIpc) is 2.65. The molecular weight excluding hydrogens is 344 g/mol. The van der Waals surface area contributed by atoms with Crippen LogP contribution in [0.1, 0.15) is 44.0 Å². The summed E-state index contributed by atoms with van der Waals surface area (Å²) in [5.74, 6) is -0.670. The van der Waals surface area contributed by atoms with E-state index in [-0.39, 0.29) is 23.6 Å². The number of hydrogen-bond acceptors (Lipinski definition) is 4. The third-order valence-corrected chi connectivity index (χ3v) is 4.58. The summed E-state index contributed by atoms with van der Waals surface area (Å²) < 4.78 is 0. The maximum absolute atomic E-state index is 12.8. The zero-order valence-corrected chi connectivity index (χ0v) is 16.4. The van der Waals surface area contributed by atoms with E-state index in [1.807, 2.05) is 20.8 Å². The van der Waals surface area contributed by atoms with E-state index in [1.165, 1.54) is 0 Å². The van der Waals surface area contributed by atoms with Crippen LogP contribution in [0.25, 0.3) is 0 Å². The van der Waals surface area contributed by atoms with Crippen LogP contribution >= 0.6 is 0 Å². The Bertz CT molecular complexity index is 697. The van der Waals surface area contributed by atoms with Gasteiger partial charge >= 0.3 is 0 Å². The molecule has 7 heteroatoms. The second-order valence-corrected chi connectivity index (χ2v) is 7.92. The molecule has 1 heterocycles. The van der Waals surface area contributed by atoms with Crippen LogP contribution in [0, 0.1) is 11.3 Å². The predicted octanol–water partition coefficient (Wildman–Crippen LogP) is 1.60. The number of nitrogens with one attached hydrogen (secondary N) is 2. The summed E-state index contributed by atoms with van der Waals surface area (Å²) >= 11 is 0. The Morgan fingerprint density at radius 3 is 2.59 bits per heavy atom. The van der Waals surface area contributed by atoms with E-state index >= 15 is 0 Å². The molecule has 0 saturated carbocycles. The molecule has 4 N–H and O–H groups in total. The van der Waals surface area contributed by atoms with E-state index in [0.29, 0.717) is 37.4 Å². The number of nitrogens with two attached hydrogens (primary N) is 1. The second kappa shape index (κ2) is 8.99. The molecule has 0 radical (unpaired) electrons. The Morgan fingerprint density at radius 2 is 1.93 bits per heavy atom. The first-order valence-electron chi connectivity index (χ1n) is 9.41. The first-order chi connectivity index (χ1) is 12.7. The number of benzene rings is 1. The summed E-state index contributed by atoms with van der Waals surface area (Å²) in [6.07, 6.45) is 1.51. The minimum Gasteiger partial charge on any atom is -0.351 e. The highest BCUT2D eigenvalue weighted by atomic mass is 16.2. The lowest BCUT2D eigenvalue weighted by atomic mass is 9.91. The molecule has 1 fully saturated rings. The monoisotopic (exact) mass is 374 g/mol. The molecule has 1 saturated heterocycles. The van der Waals surface area contributed by atoms with Crippen molar-refractivity contribution in [2.24, 2.45) is 17.1 Å². The average molecular weight is 374 g/mol. The Morgan fingerprint density at radius 1 is 1.22 bits per heavy atom. The number of para-hydroxylation sites is 1. The first-order valence-corrected chi connectivity index (χ1v) is 9.41. The summed E-state index contributed by atoms with van der Waals surface area (Å²) in [7, 11) is 0. The standard InChI is InChI=1S/C20H30N4O3/c1-20(2,3)19(27)24-12-6-7-14(13-24)17(25)23-16-9-5-4-8-15(16)18(26)22-11-10-21/h4-5,8-9,14H,6-7,10-13,21H2,1-3H3,(H,22,26)(H,23,25). The van der Waals surface area contributed by atoms with Crippen molar-refractivity contribution in [3.05, 3.63) is 29.8 Å². The summed E-state index contributed by atoms with van der Waals surface area (Å²) in [4.78, 5) is 39.3. The van der Waals surface area contributed by atoms with Crippen molar-refractivity contribution in [3.63, 3.8) is 0 Å². The van der Waals surface area contributed by atoms with Crippen molar-refractivity contribution in [3.8, 4) is 0 Å². The number of nitrogens with zero attached hydrogens (tertiary/aromatic N) is 1. The molecular formula is C20H30N4O3. The summed E-state index contributed by atoms with van der Waals surface area (Å²) in [5, 5.41) is 5.58. The highest BCUT2D eigenvalue weighted by molar-refractivity contribution is 6.04. The van der Waals surface area contributed by atoms with Gasteiger partial charge in [-0.1, -0.05) is 32.9 Å². The van der Waals surface area contributed by atoms with E-state index < -0.39 is 5.41 Å². The zero-order chi connectivity index (χ0) is 20.0. The molecule has 1 aromatic rings. The van der Waals surface area contributed by atoms with Crippen molar-refractivity contribution in [1.29, 1.82) is 0 Å². The van der Waals surface area contributed by atoms with Crippen LogP contribution < -0.4 is 16.4 Å². The fourth-order valence-electron chi connectivity index (χ4n) is 3.16. The Labute approximate surface area is 160 Å². The number of carbonyl (C=O) groups excluding carboxylic acids is 3. The van der Waals surface area contributed by atoms with Gasteiger partial charge in [0.05, 0.1) is 17.2 Å². The minimum absolute atomic E-state index is 0.0570. The number of piperidine rings is 1. The van der Waals surface area contributed by atoms with Gasteiger partial charge < -0.3 is 21.3 Å². The molecule has 148 valence electrons. The number of hydrogen-bond donors (Lipinski definition) is 3. The van der Waals surface area contributed by atoms with Crippen molar-refractivity contribution >= 4 is 23.4 Å². The van der Waals surface area contributed by atoms with Gasteiger partial charge in [0, 0.05) is 31.6 Å². The van der Waals surface area contributed by atoms with Gasteiger partial charge in [0.25, 0.3) is 5.91 Å². The van der Waals surface area contributed by atoms with Crippen LogP contribution in [0.15, 0.2) is 24.3 Å². The molecule has 1 unspecified atom stereocenters. The lowest BCUT2D eigenvalue weighted by molar-refractivity contribution is -0.142. The molecule has 1 aliphatic rings. The number of rotatable bonds is 5. The molecule has 27 heavy (non-hydrogen) atoms. The maximum Gasteiger partial charge on any atom is 0.253 e. The van der Waals surface area contributed by atoms with E-state index in [4.69, 9.17) is 5.73 Å². The van der Waals surface area contributed by atoms with Gasteiger partial charge in [-0.05, 0) is 25.0 Å². The molecule has 1 atom stereocenters. The quantitative estimate of drug-likeness (QED) is 0.728. The third kappa shape index (κ3) is 5.53. The zero-order valence-electron chi connectivity index (χ0n) is 16.4. The van der Waals surface area contributed by atoms with Gasteiger partial charge in [-0.15, -0.1) is 0 Å². The van der Waals surface area contributed by atoms with Crippen LogP contribution in [0.5, 0.6) is 0 Å². The van der Waals surface area contributed by atoms with Crippen LogP contribution in [-0.2, 0) is 9.59 Å². The fourth-order valence-corrected chi connectivity index (χ4v) is 3.16. The predicted molar refractivity (Wildman–Crippen MR) is 105 cm³/mol. The summed E-state index contributed by atoms with van der Waals surface area (Å²) in [6, 6.07) is 6.89. The van der Waals surface area contributed by atoms with Gasteiger partial charge in [0.1, 0.15) is 0 Å². The summed E-state index contributed by atoms with van der Waals surface area (Å²) in [6.45, 7) is 7.45. The van der Waals surface area contributed by atoms with Gasteiger partial charge in [0.15, 0.2) is 0 Å². The number of amides is 3. The Hall–Kier alpha value is -2.41. The van der Waals surface area contributed by atoms with Crippen molar-refractivity contribution in [2.45, 2.75) is 33.6 Å². The highest BCUT2D eigenvalue weighted by Crippen LogP contribution is 2.25. The van der Waals surface area contributed by atoms with Crippen LogP contribution in [0.2, 0.25) is 0 Å². The van der Waals surface area contributed by atoms with Crippen molar-refractivity contribution in [2.75, 3.05) is 31.5 Å². The number of likely N-dealkylation sites (tertiary alicyclic amines) is 1. The second-order valence-electron chi connectivity index (χ2n) is 7.92. The molecule has 0 spiro atoms. The number of anilines is 1. The van der Waals surface area contributed by atoms with Crippen LogP contribution in [-0.4, -0.2) is 48.8 Å². The van der Waals surface area contributed by atoms with E-state index in [9.17, 15) is 14.4 Å². The van der Waals surface area contributed by atoms with Gasteiger partial charge in [-0.3, -0.25) is 14.4 Å². The van der Waals surface area contributed by atoms with Crippen LogP contribution in [0.4, 0.5) is 5.69 Å². The molecule has 0 aliphatic carbocycles. The normalized spacial score (nSPS) is 17.3. The number of carbonyl (C=O) groups is 3. The van der Waals surface area contributed by atoms with Crippen molar-refractivity contribution in [1.82, 2.24) is 10.2 Å². The first kappa shape index (κ1) is 20.9. The Balaban J connectivity index is 2.07. The van der Waals surface area contributed by atoms with E-state index in [0.717, 1.165) is 12.8 Å². The van der Waals surface area contributed by atoms with E-state index in [1.54, 1.807) is 29.2 Å². The van der Waals surface area contributed by atoms with Gasteiger partial charge in [0.2, 0.25) is 11.8 Å².